The van der Waals surface area contributed by atoms with Gasteiger partial charge in [-0.15, -0.1) is 21.5 Å². The van der Waals surface area contributed by atoms with Crippen LogP contribution in [-0.4, -0.2) is 39.0 Å². The molecule has 2 heterocycles. The van der Waals surface area contributed by atoms with Gasteiger partial charge in [-0.3, -0.25) is 9.36 Å². The highest BCUT2D eigenvalue weighted by molar-refractivity contribution is 7.99. The van der Waals surface area contributed by atoms with Crippen LogP contribution in [0.4, 0.5) is 10.9 Å². The van der Waals surface area contributed by atoms with Crippen LogP contribution >= 0.6 is 23.1 Å². The van der Waals surface area contributed by atoms with Gasteiger partial charge in [0.05, 0.1) is 24.0 Å². The molecule has 2 aromatic heterocycles. The number of carbonyl (C=O) groups is 2. The molecule has 1 amide bonds. The molecule has 2 aromatic rings. The van der Waals surface area contributed by atoms with Crippen molar-refractivity contribution in [2.24, 2.45) is 0 Å². The maximum absolute atomic E-state index is 13.0. The number of nitrogens with one attached hydrogen (secondary N) is 1. The van der Waals surface area contributed by atoms with Crippen LogP contribution in [0, 0.1) is 11.3 Å². The van der Waals surface area contributed by atoms with Crippen LogP contribution in [-0.2, 0) is 22.4 Å². The first kappa shape index (κ1) is 21.1. The SMILES string of the molecule is CCOC(=O)c1c(NC(=O)C(C)n2c(N)nnc2SCC#N)sc2c1CCCC2. The van der Waals surface area contributed by atoms with Gasteiger partial charge in [0, 0.05) is 4.88 Å². The van der Waals surface area contributed by atoms with Gasteiger partial charge >= 0.3 is 5.97 Å². The number of aryl methyl sites for hydroxylation is 1. The number of anilines is 2. The zero-order valence-corrected chi connectivity index (χ0v) is 17.9. The summed E-state index contributed by atoms with van der Waals surface area (Å²) in [6.07, 6.45) is 3.77. The number of rotatable bonds is 7. The topological polar surface area (TPSA) is 136 Å². The molecule has 0 aromatic carbocycles. The number of aromatic nitrogens is 3. The quantitative estimate of drug-likeness (QED) is 0.501. The predicted octanol–water partition coefficient (Wildman–Crippen LogP) is 2.79. The van der Waals surface area contributed by atoms with Gasteiger partial charge in [-0.05, 0) is 45.1 Å². The molecule has 3 rings (SSSR count). The Hall–Kier alpha value is -2.58. The number of hydrogen-bond acceptors (Lipinski definition) is 9. The summed E-state index contributed by atoms with van der Waals surface area (Å²) >= 11 is 2.58. The maximum atomic E-state index is 13.0. The number of nitrogens with zero attached hydrogens (tertiary/aromatic N) is 4. The van der Waals surface area contributed by atoms with Crippen LogP contribution in [0.3, 0.4) is 0 Å². The van der Waals surface area contributed by atoms with Crippen LogP contribution in [0.2, 0.25) is 0 Å². The van der Waals surface area contributed by atoms with Crippen LogP contribution in [0.15, 0.2) is 5.16 Å². The summed E-state index contributed by atoms with van der Waals surface area (Å²) in [6.45, 7) is 3.69. The molecule has 1 aliphatic rings. The van der Waals surface area contributed by atoms with Gasteiger partial charge in [-0.25, -0.2) is 4.79 Å². The van der Waals surface area contributed by atoms with Crippen molar-refractivity contribution in [2.75, 3.05) is 23.4 Å². The third-order valence-electron chi connectivity index (χ3n) is 4.61. The van der Waals surface area contributed by atoms with E-state index in [-0.39, 0.29) is 24.2 Å². The van der Waals surface area contributed by atoms with Crippen molar-refractivity contribution in [1.82, 2.24) is 14.8 Å². The highest BCUT2D eigenvalue weighted by atomic mass is 32.2. The lowest BCUT2D eigenvalue weighted by molar-refractivity contribution is -0.118. The van der Waals surface area contributed by atoms with E-state index in [1.165, 1.54) is 15.9 Å². The molecule has 154 valence electrons. The van der Waals surface area contributed by atoms with E-state index in [9.17, 15) is 9.59 Å². The predicted molar refractivity (Wildman–Crippen MR) is 111 cm³/mol. The molecule has 0 spiro atoms. The van der Waals surface area contributed by atoms with Crippen molar-refractivity contribution < 1.29 is 14.3 Å². The fourth-order valence-electron chi connectivity index (χ4n) is 3.25. The molecule has 1 aliphatic carbocycles. The normalized spacial score (nSPS) is 14.0. The fourth-order valence-corrected chi connectivity index (χ4v) is 5.22. The van der Waals surface area contributed by atoms with Crippen molar-refractivity contribution in [3.8, 4) is 6.07 Å². The van der Waals surface area contributed by atoms with E-state index in [0.29, 0.717) is 15.7 Å². The number of thiophene rings is 1. The number of hydrogen-bond donors (Lipinski definition) is 2. The molecule has 9 nitrogen and oxygen atoms in total. The van der Waals surface area contributed by atoms with E-state index >= 15 is 0 Å². The molecular formula is C18H22N6O3S2. The van der Waals surface area contributed by atoms with Gasteiger partial charge in [0.1, 0.15) is 11.0 Å². The van der Waals surface area contributed by atoms with E-state index < -0.39 is 12.0 Å². The second-order valence-corrected chi connectivity index (χ2v) is 8.51. The van der Waals surface area contributed by atoms with Crippen LogP contribution in [0.25, 0.3) is 0 Å². The van der Waals surface area contributed by atoms with Gasteiger partial charge in [-0.1, -0.05) is 11.8 Å². The number of esters is 1. The minimum Gasteiger partial charge on any atom is -0.462 e. The molecule has 0 saturated carbocycles. The Bertz CT molecular complexity index is 962. The Kier molecular flexibility index (Phi) is 6.76. The lowest BCUT2D eigenvalue weighted by atomic mass is 9.95. The second-order valence-electron chi connectivity index (χ2n) is 6.46. The van der Waals surface area contributed by atoms with Crippen LogP contribution in [0.5, 0.6) is 0 Å². The largest absolute Gasteiger partial charge is 0.462 e. The number of ether oxygens (including phenoxy) is 1. The number of nitrogen functional groups attached to an aromatic ring is 1. The summed E-state index contributed by atoms with van der Waals surface area (Å²) in [7, 11) is 0. The van der Waals surface area contributed by atoms with Crippen LogP contribution < -0.4 is 11.1 Å². The van der Waals surface area contributed by atoms with Crippen molar-refractivity contribution >= 4 is 45.9 Å². The van der Waals surface area contributed by atoms with Crippen molar-refractivity contribution in [1.29, 1.82) is 5.26 Å². The molecule has 29 heavy (non-hydrogen) atoms. The molecule has 0 aliphatic heterocycles. The van der Waals surface area contributed by atoms with E-state index in [4.69, 9.17) is 15.7 Å². The second kappa shape index (κ2) is 9.28. The molecule has 1 atom stereocenters. The third-order valence-corrected chi connectivity index (χ3v) is 6.63. The Morgan fingerprint density at radius 3 is 2.90 bits per heavy atom. The summed E-state index contributed by atoms with van der Waals surface area (Å²) in [5.41, 5.74) is 7.33. The highest BCUT2D eigenvalue weighted by Crippen LogP contribution is 2.39. The van der Waals surface area contributed by atoms with Crippen molar-refractivity contribution in [2.45, 2.75) is 50.7 Å². The summed E-state index contributed by atoms with van der Waals surface area (Å²) < 4.78 is 6.71. The summed E-state index contributed by atoms with van der Waals surface area (Å²) in [4.78, 5) is 26.7. The minimum atomic E-state index is -0.722. The lowest BCUT2D eigenvalue weighted by Gasteiger charge is -2.16. The first-order chi connectivity index (χ1) is 14.0. The number of nitrogens with two attached hydrogens (primary N) is 1. The Balaban J connectivity index is 1.88. The van der Waals surface area contributed by atoms with Crippen LogP contribution in [0.1, 0.15) is 53.5 Å². The number of carbonyl (C=O) groups excluding carboxylic acids is 2. The Labute approximate surface area is 176 Å². The van der Waals surface area contributed by atoms with E-state index in [1.54, 1.807) is 13.8 Å². The molecule has 1 unspecified atom stereocenters. The average molecular weight is 435 g/mol. The average Bonchev–Trinajstić information content (AvgIpc) is 3.25. The van der Waals surface area contributed by atoms with Gasteiger partial charge in [-0.2, -0.15) is 5.26 Å². The van der Waals surface area contributed by atoms with E-state index in [2.05, 4.69) is 15.5 Å². The molecule has 0 radical (unpaired) electrons. The van der Waals surface area contributed by atoms with Crippen molar-refractivity contribution in [3.63, 3.8) is 0 Å². The molecule has 0 fully saturated rings. The molecule has 0 saturated heterocycles. The van der Waals surface area contributed by atoms with Gasteiger partial charge in [0.15, 0.2) is 5.16 Å². The number of thioether (sulfide) groups is 1. The smallest absolute Gasteiger partial charge is 0.341 e. The monoisotopic (exact) mass is 434 g/mol. The summed E-state index contributed by atoms with van der Waals surface area (Å²) in [5, 5.41) is 20.3. The van der Waals surface area contributed by atoms with Gasteiger partial charge in [0.25, 0.3) is 0 Å². The summed E-state index contributed by atoms with van der Waals surface area (Å²) in [5.74, 6) is -0.510. The fraction of sp³-hybridized carbons (Fsp3) is 0.500. The van der Waals surface area contributed by atoms with Gasteiger partial charge in [0.2, 0.25) is 11.9 Å². The maximum Gasteiger partial charge on any atom is 0.341 e. The van der Waals surface area contributed by atoms with E-state index in [1.807, 2.05) is 6.07 Å². The third kappa shape index (κ3) is 4.38. The lowest BCUT2D eigenvalue weighted by Crippen LogP contribution is -2.26. The number of amides is 1. The summed E-state index contributed by atoms with van der Waals surface area (Å²) in [6, 6.07) is 1.29. The Morgan fingerprint density at radius 1 is 1.41 bits per heavy atom. The number of nitriles is 1. The zero-order chi connectivity index (χ0) is 21.0. The standard InChI is InChI=1S/C18H22N6O3S2/c1-3-27-16(26)13-11-6-4-5-7-12(11)29-15(13)21-14(25)10(2)24-17(20)22-23-18(24)28-9-8-19/h10H,3-7,9H2,1-2H3,(H2,20,22)(H,21,25). The highest BCUT2D eigenvalue weighted by Gasteiger charge is 2.29. The van der Waals surface area contributed by atoms with Gasteiger partial charge < -0.3 is 15.8 Å². The first-order valence-corrected chi connectivity index (χ1v) is 11.1. The van der Waals surface area contributed by atoms with Crippen molar-refractivity contribution in [3.05, 3.63) is 16.0 Å². The molecule has 11 heteroatoms. The van der Waals surface area contributed by atoms with E-state index in [0.717, 1.165) is 47.9 Å². The molecule has 0 bridgehead atoms. The molecular weight excluding hydrogens is 412 g/mol. The zero-order valence-electron chi connectivity index (χ0n) is 16.2. The first-order valence-electron chi connectivity index (χ1n) is 9.30. The number of fused-ring (bicyclic) bond motifs is 1. The molecule has 3 N–H and O–H groups in total. The Morgan fingerprint density at radius 2 is 2.17 bits per heavy atom. The minimum absolute atomic E-state index is 0.0872.